The van der Waals surface area contributed by atoms with Gasteiger partial charge in [-0.05, 0) is 112 Å². The molecule has 4 unspecified atom stereocenters. The van der Waals surface area contributed by atoms with E-state index in [1.165, 1.54) is 28.5 Å². The molecule has 26 heteroatoms. The number of fused-ring (bicyclic) bond motifs is 8. The molecule has 100 heavy (non-hydrogen) atoms. The molecule has 7 amide bonds. The molecular formula is C74H108N8O16S2. The number of aliphatic carboxylic acids is 2. The lowest BCUT2D eigenvalue weighted by molar-refractivity contribution is -0.157. The van der Waals surface area contributed by atoms with Gasteiger partial charge in [0.15, 0.2) is 11.9 Å². The number of rotatable bonds is 21. The number of aromatic nitrogens is 1. The summed E-state index contributed by atoms with van der Waals surface area (Å²) in [6.45, 7) is 18.5. The summed E-state index contributed by atoms with van der Waals surface area (Å²) in [5.41, 5.74) is 2.81. The molecule has 552 valence electrons. The van der Waals surface area contributed by atoms with E-state index in [-0.39, 0.29) is 72.0 Å². The van der Waals surface area contributed by atoms with Gasteiger partial charge in [0.1, 0.15) is 48.8 Å². The van der Waals surface area contributed by atoms with Crippen LogP contribution in [0.4, 0.5) is 0 Å². The summed E-state index contributed by atoms with van der Waals surface area (Å²) >= 11 is 0. The molecule has 7 rings (SSSR count). The van der Waals surface area contributed by atoms with E-state index in [1.54, 1.807) is 74.4 Å². The number of nitrogens with zero attached hydrogens (tertiary/aromatic N) is 2. The van der Waals surface area contributed by atoms with Gasteiger partial charge in [-0.25, -0.2) is 4.79 Å². The topological polar surface area (TPSA) is 344 Å². The van der Waals surface area contributed by atoms with E-state index in [4.69, 9.17) is 19.8 Å². The summed E-state index contributed by atoms with van der Waals surface area (Å²) in [6.07, 6.45) is 15.4. The molecule has 4 aliphatic heterocycles. The molecule has 0 aliphatic carbocycles. The SMILES string of the molecule is C/C=C1/NC(=O)C2CSSCC/C=C\[C@@H](OC(=O)C(C(C)C)NC1=O)C(=O)N[C@@H](C(C)C)C(=O)C2.CCC(=O)CCCCC[C@@H]1NC(=O)C(Cc2cn(OC)c3ccccc23)NC(=O)[C@H](C(C)CC)NC(=O)[C@@H]2CCCCN2C1=O.CCC(CC)C(=O)O.O=C(O)CCCc1ccccc1. The van der Waals surface area contributed by atoms with Gasteiger partial charge in [-0.15, -0.1) is 0 Å². The number of piperidine rings is 1. The Hall–Kier alpha value is -8.00. The number of Topliss-reactive ketones (excluding diaryl/α,β-unsaturated/α-hetero) is 2. The van der Waals surface area contributed by atoms with Crippen molar-refractivity contribution < 1.29 is 77.3 Å². The third-order valence-corrected chi connectivity index (χ3v) is 20.6. The van der Waals surface area contributed by atoms with Crippen molar-refractivity contribution in [3.8, 4) is 0 Å². The Labute approximate surface area is 597 Å². The van der Waals surface area contributed by atoms with Gasteiger partial charge in [0.2, 0.25) is 29.5 Å². The third kappa shape index (κ3) is 27.2. The van der Waals surface area contributed by atoms with E-state index >= 15 is 0 Å². The highest BCUT2D eigenvalue weighted by molar-refractivity contribution is 8.76. The van der Waals surface area contributed by atoms with Crippen LogP contribution in [0.2, 0.25) is 0 Å². The van der Waals surface area contributed by atoms with Crippen molar-refractivity contribution >= 4 is 103 Å². The lowest BCUT2D eigenvalue weighted by Crippen LogP contribution is -2.64. The predicted octanol–water partition coefficient (Wildman–Crippen LogP) is 8.80. The van der Waals surface area contributed by atoms with Crippen LogP contribution >= 0.6 is 21.6 Å². The van der Waals surface area contributed by atoms with Crippen molar-refractivity contribution in [2.75, 3.05) is 25.2 Å². The molecule has 4 aliphatic rings. The number of aryl methyl sites for hydroxylation is 1. The Morgan fingerprint density at radius 2 is 1.38 bits per heavy atom. The molecule has 3 fully saturated rings. The molecule has 0 radical (unpaired) electrons. The number of hydrogen-bond acceptors (Lipinski definition) is 16. The van der Waals surface area contributed by atoms with E-state index in [9.17, 15) is 57.5 Å². The van der Waals surface area contributed by atoms with Crippen LogP contribution in [0.25, 0.3) is 10.9 Å². The Morgan fingerprint density at radius 3 is 2.00 bits per heavy atom. The number of unbranched alkanes of at least 4 members (excludes halogenated alkanes) is 2. The van der Waals surface area contributed by atoms with Crippen LogP contribution in [-0.4, -0.2) is 158 Å². The van der Waals surface area contributed by atoms with E-state index in [2.05, 4.69) is 31.9 Å². The van der Waals surface area contributed by atoms with Gasteiger partial charge >= 0.3 is 17.9 Å². The molecule has 24 nitrogen and oxygen atoms in total. The average molecular weight is 1430 g/mol. The number of carboxylic acid groups (broad SMARTS) is 2. The van der Waals surface area contributed by atoms with Crippen LogP contribution in [0.3, 0.4) is 0 Å². The summed E-state index contributed by atoms with van der Waals surface area (Å²) in [5, 5.41) is 34.5. The molecule has 5 heterocycles. The number of hydrogen-bond donors (Lipinski definition) is 8. The van der Waals surface area contributed by atoms with Crippen molar-refractivity contribution in [2.45, 2.75) is 227 Å². The Bertz CT molecular complexity index is 3280. The summed E-state index contributed by atoms with van der Waals surface area (Å²) in [5.74, 6) is -6.09. The number of allylic oxidation sites excluding steroid dienone is 2. The van der Waals surface area contributed by atoms with E-state index < -0.39 is 95.7 Å². The first-order chi connectivity index (χ1) is 47.7. The highest BCUT2D eigenvalue weighted by Crippen LogP contribution is 2.29. The maximum absolute atomic E-state index is 14.1. The number of carboxylic acids is 2. The van der Waals surface area contributed by atoms with E-state index in [1.807, 2.05) is 89.2 Å². The van der Waals surface area contributed by atoms with Gasteiger partial charge in [0.25, 0.3) is 11.8 Å². The standard InChI is InChI=1S/C34H49N5O6.C24H35N3O6S2.C10H12O2.C6H12O2/c1-5-22(3)30-33(43)36-27(20-23-21-39(45-4)28-17-11-10-15-25(23)28)31(41)35-26(16-9-7-8-14-24(40)6-2)34(44)38-19-13-12-18-29(38)32(42)37-30;1-6-16-22(30)27-20(14(4)5)24(32)33-18-9-7-8-10-34-35-12-15(21(29)25-16)11-17(28)19(13(2)3)26-23(18)31;11-10(12)8-4-7-9-5-2-1-3-6-9;1-3-5(4-2)6(7)8/h10-11,15,17,21-22,26-27,29-30H,5-9,12-14,16,18-20H2,1-4H3,(H,35,41)(H,36,43)(H,37,42);6-7,9,13-15,18-20H,8,10-12H2,1-5H3,(H,25,29)(H,26,31)(H,27,30);1-3,5-6H,4,7-8H2,(H,11,12);5H,3-4H2,1-2H3,(H,7,8)/b;9-7-,16-6+;;/t22?,26-,27?,29-,30-;15?,18-,19+,20?;;/m01../s1. The number of para-hydroxylation sites is 1. The first kappa shape index (κ1) is 84.4. The van der Waals surface area contributed by atoms with Crippen LogP contribution < -0.4 is 36.7 Å². The Kier molecular flexibility index (Phi) is 37.4. The minimum Gasteiger partial charge on any atom is -0.481 e. The van der Waals surface area contributed by atoms with E-state index in [0.29, 0.717) is 63.0 Å². The van der Waals surface area contributed by atoms with Crippen molar-refractivity contribution in [2.24, 2.45) is 29.6 Å². The number of esters is 1. The largest absolute Gasteiger partial charge is 0.481 e. The average Bonchev–Trinajstić information content (AvgIpc) is 1.56. The van der Waals surface area contributed by atoms with Gasteiger partial charge in [-0.3, -0.25) is 52.7 Å². The molecule has 1 aromatic heterocycles. The number of nitrogens with one attached hydrogen (secondary N) is 6. The van der Waals surface area contributed by atoms with Crippen molar-refractivity contribution in [1.82, 2.24) is 41.5 Å². The number of ether oxygens (including phenoxy) is 1. The molecule has 9 atom stereocenters. The third-order valence-electron chi connectivity index (χ3n) is 18.0. The van der Waals surface area contributed by atoms with Gasteiger partial charge in [0, 0.05) is 61.7 Å². The Morgan fingerprint density at radius 1 is 0.710 bits per heavy atom. The van der Waals surface area contributed by atoms with Gasteiger partial charge in [-0.2, -0.15) is 4.73 Å². The minimum absolute atomic E-state index is 0.0196. The van der Waals surface area contributed by atoms with Gasteiger partial charge < -0.3 is 56.6 Å². The zero-order valence-electron chi connectivity index (χ0n) is 60.1. The summed E-state index contributed by atoms with van der Waals surface area (Å²) in [6, 6.07) is 12.2. The lowest BCUT2D eigenvalue weighted by Gasteiger charge is -2.39. The highest BCUT2D eigenvalue weighted by Gasteiger charge is 2.41. The number of carbonyl (C=O) groups excluding carboxylic acids is 10. The molecule has 2 bridgehead atoms. The zero-order chi connectivity index (χ0) is 74.0. The fourth-order valence-corrected chi connectivity index (χ4v) is 14.0. The molecule has 0 saturated carbocycles. The number of amides is 7. The molecular weight excluding hydrogens is 1320 g/mol. The second-order valence-electron chi connectivity index (χ2n) is 26.2. The first-order valence-corrected chi connectivity index (χ1v) is 37.8. The molecule has 0 spiro atoms. The molecule has 2 aromatic carbocycles. The molecule has 3 aromatic rings. The second-order valence-corrected chi connectivity index (χ2v) is 28.8. The van der Waals surface area contributed by atoms with Crippen LogP contribution in [0.1, 0.15) is 183 Å². The normalized spacial score (nSPS) is 23.1. The fourth-order valence-electron chi connectivity index (χ4n) is 11.7. The lowest BCUT2D eigenvalue weighted by atomic mass is 9.92. The predicted molar refractivity (Wildman–Crippen MR) is 387 cm³/mol. The maximum atomic E-state index is 14.1. The monoisotopic (exact) mass is 1430 g/mol. The summed E-state index contributed by atoms with van der Waals surface area (Å²) < 4.78 is 7.17. The van der Waals surface area contributed by atoms with Crippen molar-refractivity contribution in [3.05, 3.63) is 95.8 Å². The smallest absolute Gasteiger partial charge is 0.330 e. The van der Waals surface area contributed by atoms with Crippen LogP contribution in [0, 0.1) is 29.6 Å². The summed E-state index contributed by atoms with van der Waals surface area (Å²) in [7, 11) is 4.58. The maximum Gasteiger partial charge on any atom is 0.330 e. The zero-order valence-corrected chi connectivity index (χ0v) is 61.7. The van der Waals surface area contributed by atoms with E-state index in [0.717, 1.165) is 67.8 Å². The van der Waals surface area contributed by atoms with Gasteiger partial charge in [-0.1, -0.05) is 164 Å². The highest BCUT2D eigenvalue weighted by atomic mass is 33.1. The molecule has 8 N–H and O–H groups in total. The quantitative estimate of drug-likeness (QED) is 0.0162. The fraction of sp³-hybridized carbons (Fsp3) is 0.595. The van der Waals surface area contributed by atoms with Crippen LogP contribution in [-0.2, 0) is 75.1 Å². The molecule has 3 saturated heterocycles. The van der Waals surface area contributed by atoms with Crippen LogP contribution in [0.5, 0.6) is 0 Å². The minimum atomic E-state index is -1.27. The van der Waals surface area contributed by atoms with Gasteiger partial charge in [0.05, 0.1) is 23.4 Å². The van der Waals surface area contributed by atoms with Crippen molar-refractivity contribution in [1.29, 1.82) is 0 Å². The first-order valence-electron chi connectivity index (χ1n) is 35.3. The summed E-state index contributed by atoms with van der Waals surface area (Å²) in [4.78, 5) is 160. The van der Waals surface area contributed by atoms with Crippen LogP contribution in [0.15, 0.2) is 84.7 Å². The number of carbonyl (C=O) groups is 12. The number of ketones is 2. The van der Waals surface area contributed by atoms with Crippen molar-refractivity contribution in [3.63, 3.8) is 0 Å². The number of benzene rings is 2. The Balaban J connectivity index is 0.000000338. The second kappa shape index (κ2) is 44.3.